The Bertz CT molecular complexity index is 1740. The Labute approximate surface area is 316 Å². The van der Waals surface area contributed by atoms with Crippen LogP contribution in [-0.4, -0.2) is 73.8 Å². The Morgan fingerprint density at radius 1 is 1.17 bits per heavy atom. The summed E-state index contributed by atoms with van der Waals surface area (Å²) in [5.41, 5.74) is -1.83. The van der Waals surface area contributed by atoms with Crippen molar-refractivity contribution in [3.05, 3.63) is 51.0 Å². The second kappa shape index (κ2) is 14.1. The number of benzene rings is 1. The number of amides is 1. The van der Waals surface area contributed by atoms with E-state index in [2.05, 4.69) is 5.32 Å². The molecule has 11 nitrogen and oxygen atoms in total. The van der Waals surface area contributed by atoms with E-state index >= 15 is 8.78 Å². The van der Waals surface area contributed by atoms with Gasteiger partial charge in [0, 0.05) is 43.0 Å². The number of hydrogen-bond donors (Lipinski definition) is 2. The SMILES string of the molecule is CC1C(CSC(=S)NC2CCN(c3c(F)cc4c(=O)c(C(=O)[O-])cn(C5CC5)c4c3F)C2)=C(C(=O)[O-])N2C(=O)[C@H]([C@H](C)O)[C@H]12.[Na+].[Na+]. The topological polar surface area (TPSA) is 158 Å². The van der Waals surface area contributed by atoms with Crippen molar-refractivity contribution in [1.82, 2.24) is 14.8 Å². The van der Waals surface area contributed by atoms with Gasteiger partial charge in [-0.05, 0) is 37.8 Å². The average molecular weight is 693 g/mol. The number of carboxylic acid groups (broad SMARTS) is 2. The molecule has 0 radical (unpaired) electrons. The van der Waals surface area contributed by atoms with Gasteiger partial charge in [0.05, 0.1) is 52.2 Å². The van der Waals surface area contributed by atoms with E-state index in [1.807, 2.05) is 0 Å². The Hall–Kier alpha value is -1.56. The van der Waals surface area contributed by atoms with Crippen molar-refractivity contribution in [1.29, 1.82) is 0 Å². The van der Waals surface area contributed by atoms with Gasteiger partial charge < -0.3 is 44.6 Å². The van der Waals surface area contributed by atoms with Gasteiger partial charge in [-0.25, -0.2) is 8.78 Å². The van der Waals surface area contributed by atoms with Crippen LogP contribution in [0.4, 0.5) is 14.5 Å². The van der Waals surface area contributed by atoms with Gasteiger partial charge in [-0.2, -0.15) is 0 Å². The number of aliphatic carboxylic acids is 1. The smallest absolute Gasteiger partial charge is 0.545 e. The molecular formula is C29H28F2N4Na2O7S2. The van der Waals surface area contributed by atoms with E-state index in [1.165, 1.54) is 21.3 Å². The number of β-lactam (4-membered cyclic amide) rings is 1. The van der Waals surface area contributed by atoms with Crippen LogP contribution < -0.4 is 85.0 Å². The Kier molecular flexibility index (Phi) is 11.4. The van der Waals surface area contributed by atoms with E-state index in [4.69, 9.17) is 12.2 Å². The van der Waals surface area contributed by atoms with Gasteiger partial charge in [-0.3, -0.25) is 9.59 Å². The summed E-state index contributed by atoms with van der Waals surface area (Å²) in [5.74, 6) is -6.43. The molecule has 3 aliphatic heterocycles. The number of carboxylic acids is 2. The summed E-state index contributed by atoms with van der Waals surface area (Å²) in [6.45, 7) is 3.74. The summed E-state index contributed by atoms with van der Waals surface area (Å²) < 4.78 is 33.0. The third kappa shape index (κ3) is 6.31. The first kappa shape index (κ1) is 37.3. The quantitative estimate of drug-likeness (QED) is 0.154. The number of rotatable bonds is 8. The molecule has 2 N–H and O–H groups in total. The number of aromatic carboxylic acids is 1. The number of nitrogens with one attached hydrogen (secondary N) is 1. The minimum atomic E-state index is -1.71. The van der Waals surface area contributed by atoms with Crippen LogP contribution in [0.5, 0.6) is 0 Å². The van der Waals surface area contributed by atoms with E-state index in [0.717, 1.165) is 24.0 Å². The first-order valence-corrected chi connectivity index (χ1v) is 15.6. The van der Waals surface area contributed by atoms with Crippen LogP contribution in [0.3, 0.4) is 0 Å². The zero-order valence-corrected chi connectivity index (χ0v) is 31.3. The molecule has 1 aromatic carbocycles. The number of pyridine rings is 1. The number of fused-ring (bicyclic) bond motifs is 2. The molecule has 1 amide bonds. The maximum atomic E-state index is 16.0. The molecule has 2 aromatic rings. The van der Waals surface area contributed by atoms with Crippen LogP contribution in [0.2, 0.25) is 0 Å². The summed E-state index contributed by atoms with van der Waals surface area (Å²) >= 11 is 6.65. The number of carbonyl (C=O) groups excluding carboxylic acids is 3. The zero-order chi connectivity index (χ0) is 31.8. The Morgan fingerprint density at radius 2 is 1.85 bits per heavy atom. The van der Waals surface area contributed by atoms with E-state index in [-0.39, 0.29) is 118 Å². The number of aliphatic hydroxyl groups excluding tert-OH is 1. The van der Waals surface area contributed by atoms with Crippen LogP contribution in [0.25, 0.3) is 10.9 Å². The van der Waals surface area contributed by atoms with Crippen molar-refractivity contribution in [2.75, 3.05) is 23.7 Å². The Morgan fingerprint density at radius 3 is 2.43 bits per heavy atom. The van der Waals surface area contributed by atoms with Crippen molar-refractivity contribution < 1.29 is 97.6 Å². The fourth-order valence-electron chi connectivity index (χ4n) is 6.76. The number of carbonyl (C=O) groups is 3. The summed E-state index contributed by atoms with van der Waals surface area (Å²) in [6, 6.07) is -0.0903. The fourth-order valence-corrected chi connectivity index (χ4v) is 8.04. The van der Waals surface area contributed by atoms with E-state index in [1.54, 1.807) is 6.92 Å². The van der Waals surface area contributed by atoms with Gasteiger partial charge in [-0.15, -0.1) is 0 Å². The standard InChI is InChI=1S/C29H30F2N4O7S2.2Na/c1-11-17(23(28(41)42)35-21(11)19(12(2)36)26(35)38)10-44-29(43)32-13-5-6-33(8-13)24-18(30)7-15-22(20(24)31)34(14-3-4-14)9-16(25(15)37)27(39)40;;/h7,9,11-14,19,21,36H,3-6,8,10H2,1-2H3,(H,32,43)(H,39,40)(H,41,42);;/q;2*+1/p-2/t11?,12-,13?,19+,21-;;/m0../s1. The summed E-state index contributed by atoms with van der Waals surface area (Å²) in [5, 5.41) is 36.2. The second-order valence-electron chi connectivity index (χ2n) is 11.8. The molecule has 4 aliphatic rings. The van der Waals surface area contributed by atoms with Crippen molar-refractivity contribution >= 4 is 62.7 Å². The number of hydrogen-bond acceptors (Lipinski definition) is 10. The van der Waals surface area contributed by atoms with Crippen LogP contribution in [0.1, 0.15) is 49.5 Å². The van der Waals surface area contributed by atoms with E-state index in [0.29, 0.717) is 29.2 Å². The summed E-state index contributed by atoms with van der Waals surface area (Å²) in [6.07, 6.45) is 1.95. The predicted octanol–water partition coefficient (Wildman–Crippen LogP) is -5.97. The van der Waals surface area contributed by atoms with Crippen LogP contribution in [-0.2, 0) is 9.59 Å². The molecule has 1 aliphatic carbocycles. The normalized spacial score (nSPS) is 24.2. The fraction of sp³-hybridized carbons (Fsp3) is 0.483. The molecule has 4 heterocycles. The molecule has 0 bridgehead atoms. The van der Waals surface area contributed by atoms with Gasteiger partial charge in [0.2, 0.25) is 5.91 Å². The molecule has 6 rings (SSSR count). The van der Waals surface area contributed by atoms with E-state index < -0.39 is 58.5 Å². The van der Waals surface area contributed by atoms with Gasteiger partial charge in [-0.1, -0.05) is 30.9 Å². The summed E-state index contributed by atoms with van der Waals surface area (Å²) in [7, 11) is 0. The maximum absolute atomic E-state index is 16.0. The molecular weight excluding hydrogens is 664 g/mol. The minimum Gasteiger partial charge on any atom is -0.545 e. The molecule has 1 aromatic heterocycles. The van der Waals surface area contributed by atoms with E-state index in [9.17, 15) is 34.5 Å². The maximum Gasteiger partial charge on any atom is 1.00 e. The molecule has 2 unspecified atom stereocenters. The summed E-state index contributed by atoms with van der Waals surface area (Å²) in [4.78, 5) is 51.4. The molecule has 234 valence electrons. The van der Waals surface area contributed by atoms with Gasteiger partial charge in [0.15, 0.2) is 11.2 Å². The van der Waals surface area contributed by atoms with Crippen molar-refractivity contribution in [2.45, 2.75) is 57.3 Å². The first-order valence-electron chi connectivity index (χ1n) is 14.2. The predicted molar refractivity (Wildman–Crippen MR) is 157 cm³/mol. The third-order valence-corrected chi connectivity index (χ3v) is 10.3. The number of nitrogens with zero attached hydrogens (tertiary/aromatic N) is 3. The van der Waals surface area contributed by atoms with Gasteiger partial charge in [0.1, 0.15) is 15.8 Å². The number of thiocarbonyl (C=S) groups is 1. The van der Waals surface area contributed by atoms with Crippen LogP contribution >= 0.6 is 24.0 Å². The first-order chi connectivity index (χ1) is 20.8. The van der Waals surface area contributed by atoms with Gasteiger partial charge in [0.25, 0.3) is 0 Å². The minimum absolute atomic E-state index is 0. The van der Waals surface area contributed by atoms with Crippen LogP contribution in [0, 0.1) is 23.5 Å². The molecule has 2 saturated heterocycles. The number of anilines is 1. The number of thioether (sulfide) groups is 1. The van der Waals surface area contributed by atoms with Crippen LogP contribution in [0.15, 0.2) is 28.3 Å². The number of aromatic nitrogens is 1. The molecule has 46 heavy (non-hydrogen) atoms. The average Bonchev–Trinajstić information content (AvgIpc) is 3.63. The third-order valence-electron chi connectivity index (χ3n) is 9.04. The number of halogens is 2. The second-order valence-corrected chi connectivity index (χ2v) is 13.4. The number of aliphatic hydroxyl groups is 1. The van der Waals surface area contributed by atoms with Gasteiger partial charge >= 0.3 is 59.1 Å². The Balaban J connectivity index is 0.00000240. The van der Waals surface area contributed by atoms with Crippen molar-refractivity contribution in [3.63, 3.8) is 0 Å². The zero-order valence-electron chi connectivity index (χ0n) is 25.7. The van der Waals surface area contributed by atoms with Crippen molar-refractivity contribution in [3.8, 4) is 0 Å². The molecule has 17 heteroatoms. The molecule has 0 spiro atoms. The molecule has 5 atom stereocenters. The monoisotopic (exact) mass is 692 g/mol. The largest absolute Gasteiger partial charge is 1.00 e. The molecule has 3 fully saturated rings. The molecule has 1 saturated carbocycles. The van der Waals surface area contributed by atoms with Crippen molar-refractivity contribution in [2.24, 2.45) is 11.8 Å².